The van der Waals surface area contributed by atoms with Gasteiger partial charge >= 0.3 is 37.7 Å². The average Bonchev–Trinajstić information content (AvgIpc) is 0.918. The van der Waals surface area contributed by atoms with Crippen molar-refractivity contribution < 1.29 is 0 Å². The van der Waals surface area contributed by atoms with Gasteiger partial charge in [-0.05, 0) is 0 Å². The molecule has 16 valence electrons. The Hall–Kier alpha value is 0.640. The zero-order valence-corrected chi connectivity index (χ0v) is 4.36. The second kappa shape index (κ2) is 9.43. The van der Waals surface area contributed by atoms with E-state index in [1.54, 1.807) is 0 Å². The Kier molecular flexibility index (Phi) is 20.8. The van der Waals surface area contributed by atoms with E-state index in [1.807, 2.05) is 0 Å². The molecule has 3 heteroatoms. The summed E-state index contributed by atoms with van der Waals surface area (Å²) in [7, 11) is 0. The van der Waals surface area contributed by atoms with Crippen molar-refractivity contribution in [3.05, 3.63) is 5.41 Å². The predicted molar refractivity (Wildman–Crippen MR) is 16.8 cm³/mol. The third-order valence-electron chi connectivity index (χ3n) is 0. The molecule has 0 heterocycles. The summed E-state index contributed by atoms with van der Waals surface area (Å²) in [5.41, 5.74) is 0. The van der Waals surface area contributed by atoms with Crippen LogP contribution in [0.3, 0.4) is 0 Å². The second-order valence-electron chi connectivity index (χ2n) is 0.112. The molecule has 4 heavy (non-hydrogen) atoms. The molecule has 0 saturated carbocycles. The zero-order chi connectivity index (χ0) is 2.71. The summed E-state index contributed by atoms with van der Waals surface area (Å²) in [6.07, 6.45) is 0. The van der Waals surface area contributed by atoms with Gasteiger partial charge in [-0.3, -0.25) is 0 Å². The van der Waals surface area contributed by atoms with Crippen LogP contribution in [0.4, 0.5) is 0 Å². The van der Waals surface area contributed by atoms with Crippen LogP contribution in [0.15, 0.2) is 0 Å². The largest absolute Gasteiger partial charge is 2.00 e. The van der Waals surface area contributed by atoms with Crippen molar-refractivity contribution in [2.45, 2.75) is 0 Å². The summed E-state index contributed by atoms with van der Waals surface area (Å²) in [6.45, 7) is 0. The van der Waals surface area contributed by atoms with E-state index in [9.17, 15) is 0 Å². The zero-order valence-electron chi connectivity index (χ0n) is 2.15. The van der Waals surface area contributed by atoms with Gasteiger partial charge in [0.25, 0.3) is 0 Å². The van der Waals surface area contributed by atoms with Crippen molar-refractivity contribution in [2.75, 3.05) is 0 Å². The molecule has 1 N–H and O–H groups in total. The fourth-order valence-corrected chi connectivity index (χ4v) is 0. The number of nitrogens with zero attached hydrogens (tertiary/aromatic N) is 1. The van der Waals surface area contributed by atoms with Crippen LogP contribution < -0.4 is 0 Å². The van der Waals surface area contributed by atoms with Crippen molar-refractivity contribution in [2.24, 2.45) is 0 Å². The molecule has 0 saturated heterocycles. The van der Waals surface area contributed by atoms with E-state index >= 15 is 0 Å². The quantitative estimate of drug-likeness (QED) is 0.313. The molecule has 0 aliphatic rings. The topological polar surface area (TPSA) is 46.2 Å². The molecule has 0 unspecified atom stereocenters. The Bertz CT molecular complexity index is 27.0. The molecule has 0 fully saturated rings. The van der Waals surface area contributed by atoms with Crippen LogP contribution in [0.2, 0.25) is 0 Å². The fourth-order valence-electron chi connectivity index (χ4n) is 0. The molecule has 0 bridgehead atoms. The van der Waals surface area contributed by atoms with E-state index in [1.165, 1.54) is 0 Å². The van der Waals surface area contributed by atoms with E-state index < -0.39 is 0 Å². The van der Waals surface area contributed by atoms with E-state index in [4.69, 9.17) is 10.8 Å². The fraction of sp³-hybridized carbons (Fsp3) is 0. The number of nitrogens with one attached hydrogen (secondary N) is 1. The SMILES string of the molecule is [Ca+2].[N-]=C=N. The first-order chi connectivity index (χ1) is 1.41. The van der Waals surface area contributed by atoms with Gasteiger partial charge in [-0.2, -0.15) is 6.01 Å². The maximum Gasteiger partial charge on any atom is 2.00 e. The second-order valence-corrected chi connectivity index (χ2v) is 0.112. The molecule has 0 aromatic carbocycles. The van der Waals surface area contributed by atoms with Gasteiger partial charge in [0.2, 0.25) is 0 Å². The predicted octanol–water partition coefficient (Wildman–Crippen LogP) is -0.0723. The first-order valence-corrected chi connectivity index (χ1v) is 0.474. The van der Waals surface area contributed by atoms with Gasteiger partial charge in [-0.25, -0.2) is 0 Å². The Balaban J connectivity index is 0. The van der Waals surface area contributed by atoms with Crippen molar-refractivity contribution >= 4 is 43.7 Å². The summed E-state index contributed by atoms with van der Waals surface area (Å²) in [4.78, 5) is 0. The van der Waals surface area contributed by atoms with Gasteiger partial charge in [-0.1, -0.05) is 0 Å². The van der Waals surface area contributed by atoms with E-state index in [2.05, 4.69) is 0 Å². The van der Waals surface area contributed by atoms with E-state index in [0.717, 1.165) is 6.01 Å². The molecule has 0 spiro atoms. The Morgan fingerprint density at radius 3 is 1.75 bits per heavy atom. The smallest absolute Gasteiger partial charge is 0.447 e. The van der Waals surface area contributed by atoms with Gasteiger partial charge < -0.3 is 10.8 Å². The minimum absolute atomic E-state index is 0. The normalized spacial score (nSPS) is 2.00. The molecule has 0 aliphatic carbocycles. The summed E-state index contributed by atoms with van der Waals surface area (Å²) in [5.74, 6) is 0. The van der Waals surface area contributed by atoms with Gasteiger partial charge in [0.1, 0.15) is 0 Å². The van der Waals surface area contributed by atoms with E-state index in [-0.39, 0.29) is 37.7 Å². The van der Waals surface area contributed by atoms with Crippen LogP contribution >= 0.6 is 0 Å². The Morgan fingerprint density at radius 1 is 1.75 bits per heavy atom. The minimum Gasteiger partial charge on any atom is -0.447 e. The van der Waals surface area contributed by atoms with Gasteiger partial charge in [0, 0.05) is 0 Å². The standard InChI is InChI=1S/CHN2.Ca/c2-1-3;/h2H;/q-1;+2. The van der Waals surface area contributed by atoms with Crippen molar-refractivity contribution in [3.8, 4) is 0 Å². The van der Waals surface area contributed by atoms with Crippen molar-refractivity contribution in [1.29, 1.82) is 5.41 Å². The summed E-state index contributed by atoms with van der Waals surface area (Å²) in [6, 6.07) is 1.00. The molecule has 0 aromatic heterocycles. The number of rotatable bonds is 0. The summed E-state index contributed by atoms with van der Waals surface area (Å²) >= 11 is 0. The molecule has 0 aromatic rings. The minimum atomic E-state index is 0. The maximum absolute atomic E-state index is 6.99. The Morgan fingerprint density at radius 2 is 1.75 bits per heavy atom. The average molecular weight is 81.1 g/mol. The maximum atomic E-state index is 6.99. The van der Waals surface area contributed by atoms with E-state index in [0.29, 0.717) is 0 Å². The molecule has 0 amide bonds. The number of hydrogen-bond donors (Lipinski definition) is 1. The van der Waals surface area contributed by atoms with Gasteiger partial charge in [0.15, 0.2) is 0 Å². The molecule has 0 rings (SSSR count). The molecular weight excluding hydrogens is 80.1 g/mol. The monoisotopic (exact) mass is 81.0 g/mol. The Labute approximate surface area is 54.2 Å². The third-order valence-corrected chi connectivity index (χ3v) is 0. The first kappa shape index (κ1) is 8.82. The summed E-state index contributed by atoms with van der Waals surface area (Å²) < 4.78 is 0. The first-order valence-electron chi connectivity index (χ1n) is 0.474. The van der Waals surface area contributed by atoms with Crippen LogP contribution in [0, 0.1) is 5.41 Å². The molecule has 0 atom stereocenters. The molecular formula is CHCaN2+. The van der Waals surface area contributed by atoms with Crippen molar-refractivity contribution in [3.63, 3.8) is 0 Å². The van der Waals surface area contributed by atoms with Crippen LogP contribution in [-0.4, -0.2) is 43.7 Å². The van der Waals surface area contributed by atoms with Crippen LogP contribution in [0.5, 0.6) is 0 Å². The third kappa shape index (κ3) is 17.3. The van der Waals surface area contributed by atoms with Crippen molar-refractivity contribution in [1.82, 2.24) is 0 Å². The molecule has 0 aliphatic heterocycles. The van der Waals surface area contributed by atoms with Crippen LogP contribution in [0.1, 0.15) is 0 Å². The molecule has 0 radical (unpaired) electrons. The number of hydrogen-bond acceptors (Lipinski definition) is 1. The van der Waals surface area contributed by atoms with Gasteiger partial charge in [-0.15, -0.1) is 0 Å². The van der Waals surface area contributed by atoms with Crippen LogP contribution in [-0.2, 0) is 0 Å². The van der Waals surface area contributed by atoms with Gasteiger partial charge in [0.05, 0.1) is 0 Å². The van der Waals surface area contributed by atoms with Crippen LogP contribution in [0.25, 0.3) is 5.41 Å². The summed E-state index contributed by atoms with van der Waals surface area (Å²) in [5, 5.41) is 12.5. The molecule has 2 nitrogen and oxygen atoms in total.